The maximum absolute atomic E-state index is 12.4. The Hall–Kier alpha value is -2.70. The highest BCUT2D eigenvalue weighted by Crippen LogP contribution is 2.14. The van der Waals surface area contributed by atoms with Crippen molar-refractivity contribution in [2.45, 2.75) is 38.3 Å². The van der Waals surface area contributed by atoms with Crippen LogP contribution >= 0.6 is 0 Å². The van der Waals surface area contributed by atoms with Gasteiger partial charge in [-0.1, -0.05) is 25.1 Å². The van der Waals surface area contributed by atoms with Crippen LogP contribution in [0.4, 0.5) is 0 Å². The fraction of sp³-hybridized carbons (Fsp3) is 0.444. The van der Waals surface area contributed by atoms with Crippen molar-refractivity contribution in [1.82, 2.24) is 15.5 Å². The molecule has 134 valence electrons. The van der Waals surface area contributed by atoms with Gasteiger partial charge in [0.05, 0.1) is 6.04 Å². The van der Waals surface area contributed by atoms with Crippen LogP contribution in [-0.4, -0.2) is 54.1 Å². The molecule has 1 aliphatic heterocycles. The van der Waals surface area contributed by atoms with E-state index in [9.17, 15) is 19.2 Å². The molecule has 0 bridgehead atoms. The minimum atomic E-state index is -0.794. The number of nitrogens with one attached hydrogen (secondary N) is 2. The molecule has 1 atom stereocenters. The summed E-state index contributed by atoms with van der Waals surface area (Å²) < 4.78 is 0. The van der Waals surface area contributed by atoms with Gasteiger partial charge in [0.25, 0.3) is 11.8 Å². The first-order valence-corrected chi connectivity index (χ1v) is 8.45. The first kappa shape index (κ1) is 18.6. The van der Waals surface area contributed by atoms with Crippen molar-refractivity contribution >= 4 is 24.0 Å². The molecule has 1 saturated heterocycles. The molecule has 7 heteroatoms. The van der Waals surface area contributed by atoms with E-state index in [4.69, 9.17) is 0 Å². The number of ketones is 1. The van der Waals surface area contributed by atoms with Gasteiger partial charge in [0.2, 0.25) is 12.2 Å². The molecule has 2 N–H and O–H groups in total. The van der Waals surface area contributed by atoms with Gasteiger partial charge in [-0.15, -0.1) is 0 Å². The largest absolute Gasteiger partial charge is 0.348 e. The maximum atomic E-state index is 12.4. The Morgan fingerprint density at radius 3 is 2.40 bits per heavy atom. The maximum Gasteiger partial charge on any atom is 0.289 e. The minimum Gasteiger partial charge on any atom is -0.348 e. The van der Waals surface area contributed by atoms with E-state index >= 15 is 0 Å². The molecule has 0 aliphatic carbocycles. The molecule has 0 radical (unpaired) electrons. The van der Waals surface area contributed by atoms with Crippen molar-refractivity contribution in [3.63, 3.8) is 0 Å². The summed E-state index contributed by atoms with van der Waals surface area (Å²) in [6.45, 7) is 2.77. The monoisotopic (exact) mass is 345 g/mol. The molecule has 3 amide bonds. The standard InChI is InChI=1S/C18H23N3O4/c1-2-15(19-12-22)16(23)17(24)20-14-8-10-21(11-9-14)18(25)13-6-4-3-5-7-13/h3-7,12,14-15H,2,8-11H2,1H3,(H,19,22)(H,20,24)/t15-/m0/s1. The van der Waals surface area contributed by atoms with E-state index in [1.807, 2.05) is 18.2 Å². The zero-order chi connectivity index (χ0) is 18.2. The minimum absolute atomic E-state index is 0.0253. The van der Waals surface area contributed by atoms with Gasteiger partial charge >= 0.3 is 0 Å². The first-order valence-electron chi connectivity index (χ1n) is 8.45. The van der Waals surface area contributed by atoms with E-state index in [0.29, 0.717) is 44.3 Å². The summed E-state index contributed by atoms with van der Waals surface area (Å²) in [5, 5.41) is 5.06. The van der Waals surface area contributed by atoms with Crippen molar-refractivity contribution in [2.75, 3.05) is 13.1 Å². The summed E-state index contributed by atoms with van der Waals surface area (Å²) in [5.41, 5.74) is 0.644. The summed E-state index contributed by atoms with van der Waals surface area (Å²) in [5.74, 6) is -1.35. The van der Waals surface area contributed by atoms with Gasteiger partial charge in [-0.2, -0.15) is 0 Å². The second-order valence-electron chi connectivity index (χ2n) is 6.02. The number of Topliss-reactive ketones (excluding diaryl/α,β-unsaturated/α-hetero) is 1. The second-order valence-corrected chi connectivity index (χ2v) is 6.02. The zero-order valence-electron chi connectivity index (χ0n) is 14.2. The Morgan fingerprint density at radius 2 is 1.84 bits per heavy atom. The molecule has 2 rings (SSSR count). The Morgan fingerprint density at radius 1 is 1.20 bits per heavy atom. The van der Waals surface area contributed by atoms with Crippen LogP contribution in [-0.2, 0) is 14.4 Å². The van der Waals surface area contributed by atoms with Gasteiger partial charge < -0.3 is 15.5 Å². The lowest BCUT2D eigenvalue weighted by molar-refractivity contribution is -0.140. The lowest BCUT2D eigenvalue weighted by atomic mass is 10.0. The SMILES string of the molecule is CC[C@H](NC=O)C(=O)C(=O)NC1CCN(C(=O)c2ccccc2)CC1. The number of benzene rings is 1. The van der Waals surface area contributed by atoms with Gasteiger partial charge in [-0.25, -0.2) is 0 Å². The van der Waals surface area contributed by atoms with Crippen molar-refractivity contribution in [3.05, 3.63) is 35.9 Å². The number of piperidine rings is 1. The summed E-state index contributed by atoms with van der Waals surface area (Å²) in [4.78, 5) is 48.6. The van der Waals surface area contributed by atoms with Gasteiger partial charge in [-0.3, -0.25) is 19.2 Å². The average molecular weight is 345 g/mol. The third kappa shape index (κ3) is 4.89. The molecular formula is C18H23N3O4. The number of carbonyl (C=O) groups excluding carboxylic acids is 4. The van der Waals surface area contributed by atoms with E-state index in [0.717, 1.165) is 0 Å². The molecule has 1 aromatic rings. The van der Waals surface area contributed by atoms with Crippen LogP contribution < -0.4 is 10.6 Å². The quantitative estimate of drug-likeness (QED) is 0.556. The lowest BCUT2D eigenvalue weighted by Gasteiger charge is -2.32. The normalized spacial score (nSPS) is 16.0. The molecule has 0 aromatic heterocycles. The molecule has 1 aliphatic rings. The highest BCUT2D eigenvalue weighted by atomic mass is 16.2. The van der Waals surface area contributed by atoms with Crippen LogP contribution in [0.3, 0.4) is 0 Å². The van der Waals surface area contributed by atoms with Gasteiger partial charge in [0.15, 0.2) is 0 Å². The molecule has 0 unspecified atom stereocenters. The topological polar surface area (TPSA) is 95.6 Å². The lowest BCUT2D eigenvalue weighted by Crippen LogP contribution is -2.51. The van der Waals surface area contributed by atoms with E-state index in [2.05, 4.69) is 10.6 Å². The van der Waals surface area contributed by atoms with Crippen LogP contribution in [0.5, 0.6) is 0 Å². The van der Waals surface area contributed by atoms with Crippen molar-refractivity contribution < 1.29 is 19.2 Å². The Labute approximate surface area is 146 Å². The third-order valence-electron chi connectivity index (χ3n) is 4.36. The zero-order valence-corrected chi connectivity index (χ0v) is 14.2. The van der Waals surface area contributed by atoms with Gasteiger partial charge in [0, 0.05) is 24.7 Å². The number of carbonyl (C=O) groups is 4. The average Bonchev–Trinajstić information content (AvgIpc) is 2.66. The highest BCUT2D eigenvalue weighted by molar-refractivity contribution is 6.38. The Bertz CT molecular complexity index is 624. The molecule has 0 saturated carbocycles. The summed E-state index contributed by atoms with van der Waals surface area (Å²) in [7, 11) is 0. The molecule has 1 fully saturated rings. The first-order chi connectivity index (χ1) is 12.1. The van der Waals surface area contributed by atoms with Gasteiger partial charge in [-0.05, 0) is 31.4 Å². The predicted molar refractivity (Wildman–Crippen MR) is 91.8 cm³/mol. The number of amides is 3. The van der Waals surface area contributed by atoms with Crippen LogP contribution in [0.2, 0.25) is 0 Å². The van der Waals surface area contributed by atoms with Crippen LogP contribution in [0.1, 0.15) is 36.5 Å². The number of hydrogen-bond donors (Lipinski definition) is 2. The van der Waals surface area contributed by atoms with Crippen LogP contribution in [0.25, 0.3) is 0 Å². The van der Waals surface area contributed by atoms with E-state index in [-0.39, 0.29) is 11.9 Å². The Balaban J connectivity index is 1.84. The molecule has 7 nitrogen and oxygen atoms in total. The molecule has 1 aromatic carbocycles. The number of likely N-dealkylation sites (tertiary alicyclic amines) is 1. The molecule has 1 heterocycles. The van der Waals surface area contributed by atoms with E-state index < -0.39 is 17.7 Å². The highest BCUT2D eigenvalue weighted by Gasteiger charge is 2.28. The second kappa shape index (κ2) is 8.96. The Kier molecular flexibility index (Phi) is 6.68. The summed E-state index contributed by atoms with van der Waals surface area (Å²) >= 11 is 0. The number of hydrogen-bond acceptors (Lipinski definition) is 4. The van der Waals surface area contributed by atoms with Crippen LogP contribution in [0.15, 0.2) is 30.3 Å². The smallest absolute Gasteiger partial charge is 0.289 e. The fourth-order valence-electron chi connectivity index (χ4n) is 2.87. The van der Waals surface area contributed by atoms with E-state index in [1.165, 1.54) is 0 Å². The van der Waals surface area contributed by atoms with Gasteiger partial charge in [0.1, 0.15) is 0 Å². The number of rotatable bonds is 7. The van der Waals surface area contributed by atoms with Crippen molar-refractivity contribution in [3.8, 4) is 0 Å². The molecule has 0 spiro atoms. The molecule has 25 heavy (non-hydrogen) atoms. The van der Waals surface area contributed by atoms with E-state index in [1.54, 1.807) is 24.0 Å². The summed E-state index contributed by atoms with van der Waals surface area (Å²) in [6.07, 6.45) is 1.97. The third-order valence-corrected chi connectivity index (χ3v) is 4.36. The summed E-state index contributed by atoms with van der Waals surface area (Å²) in [6, 6.07) is 8.12. The number of nitrogens with zero attached hydrogens (tertiary/aromatic N) is 1. The van der Waals surface area contributed by atoms with Crippen LogP contribution in [0, 0.1) is 0 Å². The van der Waals surface area contributed by atoms with Crippen molar-refractivity contribution in [2.24, 2.45) is 0 Å². The molecular weight excluding hydrogens is 322 g/mol. The predicted octanol–water partition coefficient (Wildman–Crippen LogP) is 0.501. The van der Waals surface area contributed by atoms with Crippen molar-refractivity contribution in [1.29, 1.82) is 0 Å². The fourth-order valence-corrected chi connectivity index (χ4v) is 2.87.